The number of ether oxygens (including phenoxy) is 4. The van der Waals surface area contributed by atoms with Gasteiger partial charge < -0.3 is 44.3 Å². The molecule has 1 fully saturated rings. The topological polar surface area (TPSA) is 276 Å². The first-order valence-corrected chi connectivity index (χ1v) is 24.0. The van der Waals surface area contributed by atoms with E-state index >= 15 is 0 Å². The van der Waals surface area contributed by atoms with Crippen LogP contribution in [-0.2, 0) is 39.1 Å². The maximum atomic E-state index is 12.5. The molecule has 22 nitrogen and oxygen atoms in total. The second-order valence-corrected chi connectivity index (χ2v) is 19.3. The molecule has 1 aliphatic carbocycles. The van der Waals surface area contributed by atoms with Crippen molar-refractivity contribution in [3.63, 3.8) is 0 Å². The van der Waals surface area contributed by atoms with E-state index in [2.05, 4.69) is 35.1 Å². The molecule has 0 bridgehead atoms. The van der Waals surface area contributed by atoms with Gasteiger partial charge in [0.1, 0.15) is 61.0 Å². The van der Waals surface area contributed by atoms with Gasteiger partial charge in [0, 0.05) is 50.9 Å². The lowest BCUT2D eigenvalue weighted by atomic mass is 10.00. The predicted molar refractivity (Wildman–Crippen MR) is 254 cm³/mol. The number of aromatic nitrogens is 2. The Hall–Kier alpha value is -7.28. The van der Waals surface area contributed by atoms with E-state index in [1.165, 1.54) is 31.8 Å². The summed E-state index contributed by atoms with van der Waals surface area (Å²) < 4.78 is 140. The standard InChI is InChI=1S/C19H22ClN5O4S.C19H21N5O4S.2C2HF3O2/c1-21-30(26,27)18-5-4-12(24(2)3)8-15(18)23-25-11-22-14-10-17-16(28-6-7-29-17)9-13(14)19(25)20;1-20-29(25,26)12-4-5-16(24(2)3)15(8-12)23-19-13-9-17-18(28-7-6-27-17)10-14(13)21-11-22-19;2*3-2(4,5)1(6)7/h4-5,8-11,14,21,23H,6-7H2,1-3H3;4-5,8-11,20H,6-7H2,1-3H3,(H,21,22,23);2*(H,6,7). The molecule has 1 saturated heterocycles. The maximum Gasteiger partial charge on any atom is 0.490 e. The highest BCUT2D eigenvalue weighted by Crippen LogP contribution is 2.39. The molecule has 1 atom stereocenters. The van der Waals surface area contributed by atoms with E-state index in [1.54, 1.807) is 42.5 Å². The fourth-order valence-corrected chi connectivity index (χ4v) is 8.20. The number of carbonyl (C=O) groups is 2. The molecule has 73 heavy (non-hydrogen) atoms. The number of aliphatic imine (C=N–C) groups is 1. The SMILES string of the molecule is CNS(=O)(=O)c1ccc(N(C)C)c(Nc2ncnc3cc4c(cc23)OCCO4)c1.CNS(=O)(=O)c1ccc(N(C)C)cc1NN1C=NC2C=C3OCCOC3=CC2=C1Cl.O=C(O)C(F)(F)F.O=C(O)C(F)(F)F. The Morgan fingerprint density at radius 3 is 1.89 bits per heavy atom. The number of alkyl halides is 6. The van der Waals surface area contributed by atoms with Crippen LogP contribution in [0.1, 0.15) is 0 Å². The Kier molecular flexibility index (Phi) is 17.9. The first-order chi connectivity index (χ1) is 34.1. The van der Waals surface area contributed by atoms with Crippen LogP contribution in [0.15, 0.2) is 104 Å². The van der Waals surface area contributed by atoms with Crippen LogP contribution in [-0.4, -0.2) is 147 Å². The zero-order valence-corrected chi connectivity index (χ0v) is 41.3. The molecule has 396 valence electrons. The first kappa shape index (κ1) is 56.6. The van der Waals surface area contributed by atoms with Crippen molar-refractivity contribution in [1.82, 2.24) is 24.4 Å². The molecule has 4 aliphatic rings. The van der Waals surface area contributed by atoms with Gasteiger partial charge in [-0.05, 0) is 68.7 Å². The lowest BCUT2D eigenvalue weighted by Gasteiger charge is -2.32. The van der Waals surface area contributed by atoms with Crippen molar-refractivity contribution in [2.45, 2.75) is 28.2 Å². The number of sulfonamides is 2. The number of hydrazine groups is 1. The number of hydrogen-bond acceptors (Lipinski definition) is 18. The largest absolute Gasteiger partial charge is 0.490 e. The zero-order valence-electron chi connectivity index (χ0n) is 39.0. The number of benzene rings is 3. The van der Waals surface area contributed by atoms with E-state index < -0.39 is 44.3 Å². The third-order valence-corrected chi connectivity index (χ3v) is 13.2. The molecule has 0 radical (unpaired) electrons. The van der Waals surface area contributed by atoms with E-state index in [-0.39, 0.29) is 15.8 Å². The average Bonchev–Trinajstić information content (AvgIpc) is 3.33. The summed E-state index contributed by atoms with van der Waals surface area (Å²) in [6.07, 6.45) is -3.55. The van der Waals surface area contributed by atoms with E-state index in [9.17, 15) is 43.2 Å². The smallest absolute Gasteiger partial charge is 0.486 e. The number of halogens is 7. The van der Waals surface area contributed by atoms with Crippen LogP contribution in [0.4, 0.5) is 54.9 Å². The van der Waals surface area contributed by atoms with Crippen LogP contribution in [0.25, 0.3) is 10.9 Å². The Morgan fingerprint density at radius 2 is 1.33 bits per heavy atom. The number of carboxylic acid groups (broad SMARTS) is 2. The average molecular weight is 1100 g/mol. The van der Waals surface area contributed by atoms with Crippen molar-refractivity contribution in [1.29, 1.82) is 0 Å². The lowest BCUT2D eigenvalue weighted by Crippen LogP contribution is -2.34. The van der Waals surface area contributed by atoms with Crippen molar-refractivity contribution in [3.05, 3.63) is 89.3 Å². The zero-order chi connectivity index (χ0) is 54.2. The van der Waals surface area contributed by atoms with Gasteiger partial charge in [0.15, 0.2) is 23.0 Å². The highest BCUT2D eigenvalue weighted by molar-refractivity contribution is 7.89. The predicted octanol–water partition coefficient (Wildman–Crippen LogP) is 5.36. The van der Waals surface area contributed by atoms with Crippen molar-refractivity contribution in [3.8, 4) is 11.5 Å². The van der Waals surface area contributed by atoms with Gasteiger partial charge >= 0.3 is 24.3 Å². The number of anilines is 5. The number of fused-ring (bicyclic) bond motifs is 4. The molecule has 6 N–H and O–H groups in total. The van der Waals surface area contributed by atoms with Crippen LogP contribution in [0.3, 0.4) is 0 Å². The summed E-state index contributed by atoms with van der Waals surface area (Å²) in [4.78, 5) is 35.0. The molecule has 3 aromatic carbocycles. The van der Waals surface area contributed by atoms with Crippen LogP contribution >= 0.6 is 11.6 Å². The van der Waals surface area contributed by atoms with Crippen molar-refractivity contribution >= 4 is 89.4 Å². The van der Waals surface area contributed by atoms with Crippen LogP contribution < -0.4 is 39.5 Å². The molecule has 0 spiro atoms. The number of aliphatic carboxylic acids is 2. The van der Waals surface area contributed by atoms with Crippen LogP contribution in [0.2, 0.25) is 0 Å². The fraction of sp³-hybridized carbons (Fsp3) is 0.310. The molecule has 4 heterocycles. The molecule has 4 aromatic rings. The number of nitrogens with zero attached hydrogens (tertiary/aromatic N) is 6. The third kappa shape index (κ3) is 14.2. The Bertz CT molecular complexity index is 3060. The van der Waals surface area contributed by atoms with Gasteiger partial charge in [0.25, 0.3) is 0 Å². The molecule has 8 rings (SSSR count). The van der Waals surface area contributed by atoms with Crippen molar-refractivity contribution < 1.29 is 81.9 Å². The minimum atomic E-state index is -5.08. The number of nitrogens with one attached hydrogen (secondary N) is 4. The van der Waals surface area contributed by atoms with Gasteiger partial charge in [-0.25, -0.2) is 50.8 Å². The molecule has 1 unspecified atom stereocenters. The normalized spacial score (nSPS) is 15.8. The van der Waals surface area contributed by atoms with Gasteiger partial charge in [0.2, 0.25) is 20.0 Å². The minimum absolute atomic E-state index is 0.0915. The molecule has 0 amide bonds. The summed E-state index contributed by atoms with van der Waals surface area (Å²) in [7, 11) is 2.97. The summed E-state index contributed by atoms with van der Waals surface area (Å²) in [6, 6.07) is 13.2. The second-order valence-electron chi connectivity index (χ2n) is 15.2. The maximum absolute atomic E-state index is 12.5. The molecular weight excluding hydrogens is 1050 g/mol. The summed E-state index contributed by atoms with van der Waals surface area (Å²) in [5, 5.41) is 20.1. The van der Waals surface area contributed by atoms with Crippen molar-refractivity contribution in [2.75, 3.05) is 89.3 Å². The number of carboxylic acids is 2. The van der Waals surface area contributed by atoms with Crippen LogP contribution in [0, 0.1) is 0 Å². The summed E-state index contributed by atoms with van der Waals surface area (Å²) in [6.45, 7) is 1.93. The van der Waals surface area contributed by atoms with Crippen LogP contribution in [0.5, 0.6) is 11.5 Å². The van der Waals surface area contributed by atoms with E-state index in [0.717, 1.165) is 22.3 Å². The van der Waals surface area contributed by atoms with Gasteiger partial charge in [0.05, 0.1) is 27.5 Å². The molecule has 3 aliphatic heterocycles. The summed E-state index contributed by atoms with van der Waals surface area (Å²) >= 11 is 6.65. The van der Waals surface area contributed by atoms with E-state index in [4.69, 9.17) is 50.4 Å². The summed E-state index contributed by atoms with van der Waals surface area (Å²) in [5.74, 6) is -2.45. The van der Waals surface area contributed by atoms with E-state index in [1.807, 2.05) is 56.2 Å². The molecule has 31 heteroatoms. The highest BCUT2D eigenvalue weighted by Gasteiger charge is 2.39. The molecular formula is C42H45ClF6N10O12S2. The Labute approximate surface area is 417 Å². The lowest BCUT2D eigenvalue weighted by molar-refractivity contribution is -0.193. The molecule has 0 saturated carbocycles. The Balaban J connectivity index is 0.000000215. The highest BCUT2D eigenvalue weighted by atomic mass is 35.5. The van der Waals surface area contributed by atoms with Gasteiger partial charge in [-0.15, -0.1) is 0 Å². The fourth-order valence-electron chi connectivity index (χ4n) is 6.33. The number of hydrogen-bond donors (Lipinski definition) is 6. The van der Waals surface area contributed by atoms with Gasteiger partial charge in [-0.3, -0.25) is 10.4 Å². The Morgan fingerprint density at radius 1 is 0.753 bits per heavy atom. The minimum Gasteiger partial charge on any atom is -0.486 e. The van der Waals surface area contributed by atoms with E-state index in [0.29, 0.717) is 77.3 Å². The monoisotopic (exact) mass is 1090 g/mol. The third-order valence-electron chi connectivity index (χ3n) is 9.89. The van der Waals surface area contributed by atoms with Gasteiger partial charge in [-0.1, -0.05) is 11.6 Å². The number of rotatable bonds is 10. The van der Waals surface area contributed by atoms with Crippen molar-refractivity contribution in [2.24, 2.45) is 4.99 Å². The quantitative estimate of drug-likeness (QED) is 0.0861. The molecule has 1 aromatic heterocycles. The van der Waals surface area contributed by atoms with Gasteiger partial charge in [-0.2, -0.15) is 26.3 Å². The summed E-state index contributed by atoms with van der Waals surface area (Å²) in [5.41, 5.74) is 7.07. The first-order valence-electron chi connectivity index (χ1n) is 20.7. The second kappa shape index (κ2) is 23.1.